The highest BCUT2D eigenvalue weighted by atomic mass is 79.9. The van der Waals surface area contributed by atoms with Gasteiger partial charge in [-0.05, 0) is 79.9 Å². The van der Waals surface area contributed by atoms with Crippen LogP contribution in [0.4, 0.5) is 4.39 Å². The Hall–Kier alpha value is -2.29. The summed E-state index contributed by atoms with van der Waals surface area (Å²) < 4.78 is 27.1. The van der Waals surface area contributed by atoms with E-state index in [1.54, 1.807) is 36.4 Å². The van der Waals surface area contributed by atoms with Gasteiger partial charge in [-0.2, -0.15) is 0 Å². The first kappa shape index (κ1) is 21.9. The lowest BCUT2D eigenvalue weighted by molar-refractivity contribution is -0.129. The van der Waals surface area contributed by atoms with Crippen molar-refractivity contribution in [3.63, 3.8) is 0 Å². The molecular formula is C23H13Br3FNO3. The monoisotopic (exact) mass is 607 g/mol. The van der Waals surface area contributed by atoms with Crippen molar-refractivity contribution in [2.75, 3.05) is 0 Å². The number of halogens is 4. The molecule has 0 unspecified atom stereocenters. The molecule has 0 aliphatic carbocycles. The Morgan fingerprint density at radius 1 is 1.00 bits per heavy atom. The van der Waals surface area contributed by atoms with E-state index in [0.717, 1.165) is 4.47 Å². The Balaban J connectivity index is 1.57. The molecule has 31 heavy (non-hydrogen) atoms. The van der Waals surface area contributed by atoms with E-state index in [1.807, 2.05) is 24.3 Å². The van der Waals surface area contributed by atoms with E-state index in [9.17, 15) is 9.18 Å². The van der Waals surface area contributed by atoms with Gasteiger partial charge in [0.1, 0.15) is 18.2 Å². The first-order valence-corrected chi connectivity index (χ1v) is 11.4. The number of carbonyl (C=O) groups excluding carboxylic acids is 1. The van der Waals surface area contributed by atoms with Crippen LogP contribution in [0.5, 0.6) is 5.75 Å². The van der Waals surface area contributed by atoms with Gasteiger partial charge in [-0.1, -0.05) is 40.2 Å². The molecule has 0 radical (unpaired) electrons. The summed E-state index contributed by atoms with van der Waals surface area (Å²) in [6, 6.07) is 17.4. The predicted molar refractivity (Wildman–Crippen MR) is 127 cm³/mol. The van der Waals surface area contributed by atoms with E-state index in [1.165, 1.54) is 6.07 Å². The lowest BCUT2D eigenvalue weighted by Gasteiger charge is -2.12. The molecule has 0 spiro atoms. The zero-order valence-corrected chi connectivity index (χ0v) is 20.5. The smallest absolute Gasteiger partial charge is 0.363 e. The highest BCUT2D eigenvalue weighted by Gasteiger charge is 2.24. The standard InChI is InChI=1S/C23H13Br3FNO3/c24-16-6-3-5-14(11-16)22-28-20(23(29)31-22)10-13-8-17(25)21(18(26)9-13)30-12-15-4-1-2-7-19(15)27/h1-11H,12H2/b20-10-. The Morgan fingerprint density at radius 2 is 1.74 bits per heavy atom. The number of aliphatic imine (C=N–C) groups is 1. The number of hydrogen-bond donors (Lipinski definition) is 0. The summed E-state index contributed by atoms with van der Waals surface area (Å²) in [5.74, 6) is -0.0738. The minimum absolute atomic E-state index is 0.0803. The molecule has 1 heterocycles. The third kappa shape index (κ3) is 5.14. The molecular weight excluding hydrogens is 597 g/mol. The fourth-order valence-corrected chi connectivity index (χ4v) is 4.73. The molecule has 0 amide bonds. The fraction of sp³-hybridized carbons (Fsp3) is 0.0435. The van der Waals surface area contributed by atoms with Crippen LogP contribution in [0.2, 0.25) is 0 Å². The molecule has 0 N–H and O–H groups in total. The first-order valence-electron chi connectivity index (χ1n) is 9.04. The van der Waals surface area contributed by atoms with Crippen molar-refractivity contribution in [1.82, 2.24) is 0 Å². The van der Waals surface area contributed by atoms with Gasteiger partial charge in [0.2, 0.25) is 5.90 Å². The molecule has 8 heteroatoms. The van der Waals surface area contributed by atoms with Gasteiger partial charge < -0.3 is 9.47 Å². The van der Waals surface area contributed by atoms with Gasteiger partial charge in [0.15, 0.2) is 5.70 Å². The van der Waals surface area contributed by atoms with Crippen LogP contribution in [-0.2, 0) is 16.1 Å². The molecule has 1 aliphatic rings. The second-order valence-electron chi connectivity index (χ2n) is 6.54. The number of cyclic esters (lactones) is 1. The maximum atomic E-state index is 13.8. The van der Waals surface area contributed by atoms with Crippen LogP contribution in [0, 0.1) is 5.82 Å². The lowest BCUT2D eigenvalue weighted by atomic mass is 10.2. The fourth-order valence-electron chi connectivity index (χ4n) is 2.88. The average Bonchev–Trinajstić information content (AvgIpc) is 3.09. The summed E-state index contributed by atoms with van der Waals surface area (Å²) in [7, 11) is 0. The number of esters is 1. The van der Waals surface area contributed by atoms with Gasteiger partial charge in [-0.3, -0.25) is 0 Å². The van der Waals surface area contributed by atoms with Crippen molar-refractivity contribution < 1.29 is 18.7 Å². The number of hydrogen-bond acceptors (Lipinski definition) is 4. The molecule has 0 aromatic heterocycles. The molecule has 0 atom stereocenters. The van der Waals surface area contributed by atoms with Crippen molar-refractivity contribution in [3.8, 4) is 5.75 Å². The van der Waals surface area contributed by atoms with E-state index < -0.39 is 5.97 Å². The normalized spacial score (nSPS) is 14.5. The van der Waals surface area contributed by atoms with Gasteiger partial charge in [0.05, 0.1) is 8.95 Å². The molecule has 156 valence electrons. The number of carbonyl (C=O) groups is 1. The molecule has 3 aromatic rings. The average molecular weight is 610 g/mol. The van der Waals surface area contributed by atoms with E-state index in [-0.39, 0.29) is 24.0 Å². The van der Waals surface area contributed by atoms with Gasteiger partial charge in [0.25, 0.3) is 0 Å². The molecule has 0 saturated heterocycles. The van der Waals surface area contributed by atoms with E-state index >= 15 is 0 Å². The maximum Gasteiger partial charge on any atom is 0.363 e. The molecule has 4 rings (SSSR count). The molecule has 0 saturated carbocycles. The molecule has 3 aromatic carbocycles. The molecule has 0 fully saturated rings. The van der Waals surface area contributed by atoms with E-state index in [2.05, 4.69) is 52.8 Å². The largest absolute Gasteiger partial charge is 0.486 e. The van der Waals surface area contributed by atoms with Crippen LogP contribution in [0.3, 0.4) is 0 Å². The Kier molecular flexibility index (Phi) is 6.69. The quantitative estimate of drug-likeness (QED) is 0.230. The zero-order chi connectivity index (χ0) is 22.0. The van der Waals surface area contributed by atoms with Crippen molar-refractivity contribution >= 4 is 65.7 Å². The van der Waals surface area contributed by atoms with Crippen LogP contribution in [-0.4, -0.2) is 11.9 Å². The summed E-state index contributed by atoms with van der Waals surface area (Å²) >= 11 is 10.3. The second-order valence-corrected chi connectivity index (χ2v) is 9.16. The third-order valence-corrected chi connectivity index (χ3v) is 6.02. The number of benzene rings is 3. The van der Waals surface area contributed by atoms with Crippen LogP contribution >= 0.6 is 47.8 Å². The van der Waals surface area contributed by atoms with Crippen LogP contribution in [0.25, 0.3) is 6.08 Å². The van der Waals surface area contributed by atoms with Crippen molar-refractivity contribution in [3.05, 3.63) is 102 Å². The zero-order valence-electron chi connectivity index (χ0n) is 15.7. The number of ether oxygens (including phenoxy) is 2. The van der Waals surface area contributed by atoms with Crippen molar-refractivity contribution in [2.45, 2.75) is 6.61 Å². The Labute approximate surface area is 203 Å². The summed E-state index contributed by atoms with van der Waals surface area (Å²) in [5, 5.41) is 0. The minimum Gasteiger partial charge on any atom is -0.486 e. The van der Waals surface area contributed by atoms with Gasteiger partial charge in [-0.15, -0.1) is 0 Å². The Bertz CT molecular complexity index is 1220. The van der Waals surface area contributed by atoms with Crippen LogP contribution in [0.1, 0.15) is 16.7 Å². The minimum atomic E-state index is -0.526. The van der Waals surface area contributed by atoms with Gasteiger partial charge >= 0.3 is 5.97 Å². The summed E-state index contributed by atoms with van der Waals surface area (Å²) in [5.41, 5.74) is 2.05. The molecule has 0 bridgehead atoms. The van der Waals surface area contributed by atoms with Crippen molar-refractivity contribution in [1.29, 1.82) is 0 Å². The summed E-state index contributed by atoms with van der Waals surface area (Å²) in [6.45, 7) is 0.0803. The maximum absolute atomic E-state index is 13.8. The first-order chi connectivity index (χ1) is 14.9. The van der Waals surface area contributed by atoms with Gasteiger partial charge in [0, 0.05) is 15.6 Å². The van der Waals surface area contributed by atoms with Crippen LogP contribution < -0.4 is 4.74 Å². The number of nitrogens with zero attached hydrogens (tertiary/aromatic N) is 1. The SMILES string of the molecule is O=C1OC(c2cccc(Br)c2)=N/C1=C\c1cc(Br)c(OCc2ccccc2F)c(Br)c1. The highest BCUT2D eigenvalue weighted by molar-refractivity contribution is 9.11. The van der Waals surface area contributed by atoms with E-state index in [0.29, 0.717) is 31.4 Å². The van der Waals surface area contributed by atoms with Crippen LogP contribution in [0.15, 0.2) is 84.8 Å². The van der Waals surface area contributed by atoms with E-state index in [4.69, 9.17) is 9.47 Å². The van der Waals surface area contributed by atoms with Gasteiger partial charge in [-0.25, -0.2) is 14.2 Å². The summed E-state index contributed by atoms with van der Waals surface area (Å²) in [6.07, 6.45) is 1.63. The second kappa shape index (κ2) is 9.46. The highest BCUT2D eigenvalue weighted by Crippen LogP contribution is 2.36. The number of rotatable bonds is 5. The predicted octanol–water partition coefficient (Wildman–Crippen LogP) is 7.04. The topological polar surface area (TPSA) is 47.9 Å². The molecule has 1 aliphatic heterocycles. The Morgan fingerprint density at radius 3 is 2.45 bits per heavy atom. The lowest BCUT2D eigenvalue weighted by Crippen LogP contribution is -2.05. The van der Waals surface area contributed by atoms with Crippen molar-refractivity contribution in [2.24, 2.45) is 4.99 Å². The molecule has 4 nitrogen and oxygen atoms in total. The summed E-state index contributed by atoms with van der Waals surface area (Å²) in [4.78, 5) is 16.6. The third-order valence-electron chi connectivity index (χ3n) is 4.35.